The average molecular weight is 329 g/mol. The lowest BCUT2D eigenvalue weighted by atomic mass is 10.1. The van der Waals surface area contributed by atoms with Crippen LogP contribution in [0.5, 0.6) is 11.5 Å². The second-order valence-electron chi connectivity index (χ2n) is 6.52. The number of benzene rings is 1. The summed E-state index contributed by atoms with van der Waals surface area (Å²) in [4.78, 5) is 14.7. The Morgan fingerprint density at radius 2 is 2.25 bits per heavy atom. The van der Waals surface area contributed by atoms with Crippen molar-refractivity contribution in [2.45, 2.75) is 33.4 Å². The topological polar surface area (TPSA) is 56.6 Å². The summed E-state index contributed by atoms with van der Waals surface area (Å²) in [7, 11) is 1.61. The highest BCUT2D eigenvalue weighted by Crippen LogP contribution is 2.37. The monoisotopic (exact) mass is 329 g/mol. The molecule has 0 spiro atoms. The van der Waals surface area contributed by atoms with E-state index in [4.69, 9.17) is 9.47 Å². The van der Waals surface area contributed by atoms with E-state index >= 15 is 0 Å². The Morgan fingerprint density at radius 1 is 1.46 bits per heavy atom. The van der Waals surface area contributed by atoms with E-state index in [0.29, 0.717) is 29.5 Å². The largest absolute Gasteiger partial charge is 0.497 e. The van der Waals surface area contributed by atoms with Crippen molar-refractivity contribution in [1.82, 2.24) is 9.78 Å². The Kier molecular flexibility index (Phi) is 4.46. The Hall–Kier alpha value is -2.50. The van der Waals surface area contributed by atoms with Crippen molar-refractivity contribution >= 4 is 11.6 Å². The Morgan fingerprint density at radius 3 is 2.96 bits per heavy atom. The number of anilines is 1. The summed E-state index contributed by atoms with van der Waals surface area (Å²) in [5, 5.41) is 4.29. The minimum absolute atomic E-state index is 0.0689. The van der Waals surface area contributed by atoms with E-state index in [-0.39, 0.29) is 12.0 Å². The van der Waals surface area contributed by atoms with E-state index in [2.05, 4.69) is 18.9 Å². The van der Waals surface area contributed by atoms with Crippen LogP contribution in [0.2, 0.25) is 0 Å². The predicted octanol–water partition coefficient (Wildman–Crippen LogP) is 2.98. The van der Waals surface area contributed by atoms with Gasteiger partial charge in [-0.15, -0.1) is 0 Å². The molecule has 2 aromatic rings. The van der Waals surface area contributed by atoms with Gasteiger partial charge in [0.15, 0.2) is 0 Å². The van der Waals surface area contributed by atoms with Crippen molar-refractivity contribution in [3.05, 3.63) is 36.2 Å². The first-order valence-electron chi connectivity index (χ1n) is 8.17. The van der Waals surface area contributed by atoms with Gasteiger partial charge in [-0.2, -0.15) is 5.10 Å². The third kappa shape index (κ3) is 3.22. The molecule has 1 aliphatic rings. The van der Waals surface area contributed by atoms with Gasteiger partial charge in [-0.3, -0.25) is 9.48 Å². The van der Waals surface area contributed by atoms with Crippen LogP contribution >= 0.6 is 0 Å². The maximum absolute atomic E-state index is 13.0. The molecule has 1 aromatic heterocycles. The predicted molar refractivity (Wildman–Crippen MR) is 91.8 cm³/mol. The molecule has 6 heteroatoms. The molecule has 2 heterocycles. The summed E-state index contributed by atoms with van der Waals surface area (Å²) in [6, 6.07) is 5.50. The molecule has 0 bridgehead atoms. The van der Waals surface area contributed by atoms with Crippen LogP contribution in [-0.2, 0) is 6.54 Å². The van der Waals surface area contributed by atoms with Gasteiger partial charge in [0.25, 0.3) is 5.91 Å². The van der Waals surface area contributed by atoms with Gasteiger partial charge >= 0.3 is 0 Å². The van der Waals surface area contributed by atoms with Gasteiger partial charge < -0.3 is 14.4 Å². The fourth-order valence-electron chi connectivity index (χ4n) is 2.84. The number of fused-ring (bicyclic) bond motifs is 1. The van der Waals surface area contributed by atoms with Crippen molar-refractivity contribution in [2.75, 3.05) is 18.6 Å². The van der Waals surface area contributed by atoms with Gasteiger partial charge in [-0.25, -0.2) is 0 Å². The standard InChI is InChI=1S/C18H23N3O3/c1-12(2)9-20-11-14(8-19-20)18(22)21-10-13(3)24-17-6-5-15(23-4)7-16(17)21/h5-8,11-13H,9-10H2,1-4H3. The lowest BCUT2D eigenvalue weighted by Crippen LogP contribution is -2.42. The van der Waals surface area contributed by atoms with Crippen molar-refractivity contribution in [2.24, 2.45) is 5.92 Å². The van der Waals surface area contributed by atoms with Crippen LogP contribution in [-0.4, -0.2) is 35.4 Å². The van der Waals surface area contributed by atoms with E-state index in [0.717, 1.165) is 12.2 Å². The van der Waals surface area contributed by atoms with Crippen molar-refractivity contribution in [1.29, 1.82) is 0 Å². The first-order chi connectivity index (χ1) is 11.5. The number of amides is 1. The number of carbonyl (C=O) groups is 1. The minimum atomic E-state index is -0.0744. The van der Waals surface area contributed by atoms with Gasteiger partial charge in [0.1, 0.15) is 17.6 Å². The molecule has 6 nitrogen and oxygen atoms in total. The summed E-state index contributed by atoms with van der Waals surface area (Å²) >= 11 is 0. The lowest BCUT2D eigenvalue weighted by molar-refractivity contribution is 0.0961. The molecule has 1 aliphatic heterocycles. The summed E-state index contributed by atoms with van der Waals surface area (Å²) in [5.41, 5.74) is 1.31. The zero-order valence-electron chi connectivity index (χ0n) is 14.5. The van der Waals surface area contributed by atoms with Crippen LogP contribution in [0.3, 0.4) is 0 Å². The first kappa shape index (κ1) is 16.4. The highest BCUT2D eigenvalue weighted by molar-refractivity contribution is 6.07. The molecule has 0 radical (unpaired) electrons. The summed E-state index contributed by atoms with van der Waals surface area (Å²) in [5.74, 6) is 1.79. The molecule has 1 aromatic carbocycles. The third-order valence-corrected chi connectivity index (χ3v) is 3.90. The van der Waals surface area contributed by atoms with Crippen LogP contribution in [0.4, 0.5) is 5.69 Å². The van der Waals surface area contributed by atoms with Crippen molar-refractivity contribution < 1.29 is 14.3 Å². The molecule has 1 unspecified atom stereocenters. The molecule has 24 heavy (non-hydrogen) atoms. The number of rotatable bonds is 4. The number of hydrogen-bond donors (Lipinski definition) is 0. The fourth-order valence-corrected chi connectivity index (χ4v) is 2.84. The van der Waals surface area contributed by atoms with E-state index in [9.17, 15) is 4.79 Å². The van der Waals surface area contributed by atoms with Gasteiger partial charge in [0.2, 0.25) is 0 Å². The second kappa shape index (κ2) is 6.55. The summed E-state index contributed by atoms with van der Waals surface area (Å²) < 4.78 is 12.9. The van der Waals surface area contributed by atoms with Crippen LogP contribution < -0.4 is 14.4 Å². The molecule has 0 saturated carbocycles. The molecule has 1 atom stereocenters. The van der Waals surface area contributed by atoms with Crippen LogP contribution in [0, 0.1) is 5.92 Å². The first-order valence-corrected chi connectivity index (χ1v) is 8.17. The van der Waals surface area contributed by atoms with Crippen LogP contribution in [0.15, 0.2) is 30.6 Å². The van der Waals surface area contributed by atoms with Crippen LogP contribution in [0.25, 0.3) is 0 Å². The highest BCUT2D eigenvalue weighted by Gasteiger charge is 2.29. The normalized spacial score (nSPS) is 16.7. The zero-order valence-corrected chi connectivity index (χ0v) is 14.5. The van der Waals surface area contributed by atoms with Gasteiger partial charge in [0.05, 0.1) is 31.1 Å². The number of ether oxygens (including phenoxy) is 2. The Balaban J connectivity index is 1.91. The number of carbonyl (C=O) groups excluding carboxylic acids is 1. The molecule has 0 fully saturated rings. The number of nitrogens with zero attached hydrogens (tertiary/aromatic N) is 3. The Bertz CT molecular complexity index is 739. The number of methoxy groups -OCH3 is 1. The van der Waals surface area contributed by atoms with Crippen LogP contribution in [0.1, 0.15) is 31.1 Å². The van der Waals surface area contributed by atoms with E-state index in [1.54, 1.807) is 18.2 Å². The number of aromatic nitrogens is 2. The molecule has 0 saturated heterocycles. The number of hydrogen-bond acceptors (Lipinski definition) is 4. The summed E-state index contributed by atoms with van der Waals surface area (Å²) in [6.45, 7) is 7.48. The third-order valence-electron chi connectivity index (χ3n) is 3.90. The van der Waals surface area contributed by atoms with Crippen molar-refractivity contribution in [3.8, 4) is 11.5 Å². The smallest absolute Gasteiger partial charge is 0.261 e. The molecule has 0 aliphatic carbocycles. The van der Waals surface area contributed by atoms with E-state index in [1.807, 2.05) is 36.0 Å². The van der Waals surface area contributed by atoms with Gasteiger partial charge in [-0.1, -0.05) is 13.8 Å². The molecule has 128 valence electrons. The maximum Gasteiger partial charge on any atom is 0.261 e. The Labute approximate surface area is 142 Å². The minimum Gasteiger partial charge on any atom is -0.497 e. The molecular formula is C18H23N3O3. The quantitative estimate of drug-likeness (QED) is 0.865. The molecule has 3 rings (SSSR count). The second-order valence-corrected chi connectivity index (χ2v) is 6.52. The fraction of sp³-hybridized carbons (Fsp3) is 0.444. The molecule has 1 amide bonds. The molecular weight excluding hydrogens is 306 g/mol. The maximum atomic E-state index is 13.0. The van der Waals surface area contributed by atoms with Gasteiger partial charge in [0, 0.05) is 18.8 Å². The summed E-state index contributed by atoms with van der Waals surface area (Å²) in [6.07, 6.45) is 3.37. The van der Waals surface area contributed by atoms with E-state index < -0.39 is 0 Å². The van der Waals surface area contributed by atoms with Crippen molar-refractivity contribution in [3.63, 3.8) is 0 Å². The lowest BCUT2D eigenvalue weighted by Gasteiger charge is -2.33. The van der Waals surface area contributed by atoms with E-state index in [1.165, 1.54) is 0 Å². The zero-order chi connectivity index (χ0) is 17.3. The SMILES string of the molecule is COc1ccc2c(c1)N(C(=O)c1cnn(CC(C)C)c1)CC(C)O2. The average Bonchev–Trinajstić information content (AvgIpc) is 3.00. The highest BCUT2D eigenvalue weighted by atomic mass is 16.5. The van der Waals surface area contributed by atoms with Gasteiger partial charge in [-0.05, 0) is 25.0 Å². The molecule has 0 N–H and O–H groups in total.